The fourth-order valence-electron chi connectivity index (χ4n) is 0.683. The predicted molar refractivity (Wildman–Crippen MR) is 45.2 cm³/mol. The standard InChI is InChI=1S/C6H3N3O3S/c7-3-13-5-1-4(9(11)12)2-8-6(5)10/h1-2H,(H,8,10). The molecule has 0 unspecified atom stereocenters. The second kappa shape index (κ2) is 3.73. The van der Waals surface area contributed by atoms with Crippen molar-refractivity contribution in [1.82, 2.24) is 4.98 Å². The van der Waals surface area contributed by atoms with Gasteiger partial charge in [-0.15, -0.1) is 0 Å². The number of hydrogen-bond donors (Lipinski definition) is 1. The molecule has 0 fully saturated rings. The summed E-state index contributed by atoms with van der Waals surface area (Å²) in [5.41, 5.74) is -0.741. The van der Waals surface area contributed by atoms with Gasteiger partial charge in [0.1, 0.15) is 5.40 Å². The van der Waals surface area contributed by atoms with Crippen LogP contribution in [0.3, 0.4) is 0 Å². The van der Waals surface area contributed by atoms with Crippen molar-refractivity contribution in [2.24, 2.45) is 0 Å². The molecule has 1 aromatic rings. The molecule has 0 saturated carbocycles. The van der Waals surface area contributed by atoms with Crippen LogP contribution in [-0.2, 0) is 0 Å². The lowest BCUT2D eigenvalue weighted by Crippen LogP contribution is -2.07. The van der Waals surface area contributed by atoms with E-state index in [1.807, 2.05) is 0 Å². The fourth-order valence-corrected chi connectivity index (χ4v) is 1.11. The van der Waals surface area contributed by atoms with Gasteiger partial charge in [-0.1, -0.05) is 0 Å². The Hall–Kier alpha value is -1.81. The molecule has 0 spiro atoms. The van der Waals surface area contributed by atoms with Gasteiger partial charge in [0.25, 0.3) is 11.2 Å². The highest BCUT2D eigenvalue weighted by Crippen LogP contribution is 2.16. The molecule has 0 atom stereocenters. The van der Waals surface area contributed by atoms with Crippen molar-refractivity contribution in [3.63, 3.8) is 0 Å². The average Bonchev–Trinajstić information content (AvgIpc) is 2.08. The number of rotatable bonds is 2. The first-order chi connectivity index (χ1) is 6.15. The van der Waals surface area contributed by atoms with Crippen molar-refractivity contribution >= 4 is 17.4 Å². The predicted octanol–water partition coefficient (Wildman–Crippen LogP) is 0.856. The SMILES string of the molecule is N#CSc1cc([N+](=O)[O-])c[nH]c1=O. The van der Waals surface area contributed by atoms with E-state index in [9.17, 15) is 14.9 Å². The molecule has 0 aliphatic heterocycles. The molecule has 1 N–H and O–H groups in total. The summed E-state index contributed by atoms with van der Waals surface area (Å²) in [6.45, 7) is 0. The van der Waals surface area contributed by atoms with Crippen LogP contribution in [0.15, 0.2) is 22.0 Å². The summed E-state index contributed by atoms with van der Waals surface area (Å²) in [6.07, 6.45) is 0.990. The van der Waals surface area contributed by atoms with Crippen LogP contribution in [0.5, 0.6) is 0 Å². The Morgan fingerprint density at radius 3 is 2.92 bits per heavy atom. The molecule has 0 radical (unpaired) electrons. The van der Waals surface area contributed by atoms with Crippen molar-refractivity contribution in [2.45, 2.75) is 4.90 Å². The lowest BCUT2D eigenvalue weighted by molar-refractivity contribution is -0.385. The Bertz CT molecular complexity index is 433. The van der Waals surface area contributed by atoms with E-state index < -0.39 is 10.5 Å². The van der Waals surface area contributed by atoms with E-state index in [0.29, 0.717) is 11.8 Å². The van der Waals surface area contributed by atoms with Gasteiger partial charge in [-0.25, -0.2) is 0 Å². The minimum atomic E-state index is -0.641. The lowest BCUT2D eigenvalue weighted by Gasteiger charge is -1.92. The lowest BCUT2D eigenvalue weighted by atomic mass is 10.4. The molecule has 1 aromatic heterocycles. The van der Waals surface area contributed by atoms with Crippen LogP contribution >= 0.6 is 11.8 Å². The van der Waals surface area contributed by atoms with Crippen molar-refractivity contribution < 1.29 is 4.92 Å². The van der Waals surface area contributed by atoms with Crippen molar-refractivity contribution in [1.29, 1.82) is 5.26 Å². The normalized spacial score (nSPS) is 9.15. The highest BCUT2D eigenvalue weighted by Gasteiger charge is 2.09. The molecular formula is C6H3N3O3S. The van der Waals surface area contributed by atoms with Crippen LogP contribution in [0.25, 0.3) is 0 Å². The van der Waals surface area contributed by atoms with Gasteiger partial charge in [0, 0.05) is 6.07 Å². The van der Waals surface area contributed by atoms with Crippen molar-refractivity contribution in [3.8, 4) is 5.40 Å². The minimum absolute atomic E-state index is 0.0247. The molecule has 0 aliphatic carbocycles. The molecule has 0 amide bonds. The van der Waals surface area contributed by atoms with Crippen LogP contribution in [0.1, 0.15) is 0 Å². The van der Waals surface area contributed by atoms with E-state index in [-0.39, 0.29) is 10.6 Å². The molecule has 13 heavy (non-hydrogen) atoms. The van der Waals surface area contributed by atoms with E-state index in [4.69, 9.17) is 5.26 Å². The minimum Gasteiger partial charge on any atom is -0.322 e. The summed E-state index contributed by atoms with van der Waals surface area (Å²) in [5.74, 6) is 0. The Balaban J connectivity index is 3.20. The Morgan fingerprint density at radius 1 is 1.69 bits per heavy atom. The first-order valence-electron chi connectivity index (χ1n) is 3.08. The highest BCUT2D eigenvalue weighted by atomic mass is 32.2. The zero-order valence-corrected chi connectivity index (χ0v) is 7.00. The molecular weight excluding hydrogens is 194 g/mol. The van der Waals surface area contributed by atoms with Gasteiger partial charge in [-0.05, 0) is 11.8 Å². The van der Waals surface area contributed by atoms with E-state index in [1.165, 1.54) is 0 Å². The van der Waals surface area contributed by atoms with Gasteiger partial charge in [-0.3, -0.25) is 14.9 Å². The number of hydrogen-bond acceptors (Lipinski definition) is 5. The molecule has 0 aromatic carbocycles. The monoisotopic (exact) mass is 197 g/mol. The number of thioether (sulfide) groups is 1. The van der Waals surface area contributed by atoms with E-state index in [2.05, 4.69) is 4.98 Å². The van der Waals surface area contributed by atoms with Crippen molar-refractivity contribution in [2.75, 3.05) is 0 Å². The number of nitrogens with zero attached hydrogens (tertiary/aromatic N) is 2. The van der Waals surface area contributed by atoms with Crippen molar-refractivity contribution in [3.05, 3.63) is 32.7 Å². The summed E-state index contributed by atoms with van der Waals surface area (Å²) in [7, 11) is 0. The number of aromatic amines is 1. The van der Waals surface area contributed by atoms with Gasteiger partial charge in [-0.2, -0.15) is 5.26 Å². The maximum atomic E-state index is 10.9. The van der Waals surface area contributed by atoms with Gasteiger partial charge < -0.3 is 4.98 Å². The molecule has 0 aliphatic rings. The molecule has 1 rings (SSSR count). The smallest absolute Gasteiger partial charge is 0.286 e. The topological polar surface area (TPSA) is 99.8 Å². The molecule has 66 valence electrons. The fraction of sp³-hybridized carbons (Fsp3) is 0. The first-order valence-corrected chi connectivity index (χ1v) is 3.90. The Morgan fingerprint density at radius 2 is 2.38 bits per heavy atom. The third-order valence-electron chi connectivity index (χ3n) is 1.22. The second-order valence-corrected chi connectivity index (χ2v) is 2.83. The van der Waals surface area contributed by atoms with Gasteiger partial charge in [0.15, 0.2) is 0 Å². The number of thiocyanates is 1. The molecule has 6 nitrogen and oxygen atoms in total. The third kappa shape index (κ3) is 2.07. The maximum Gasteiger partial charge on any atom is 0.286 e. The van der Waals surface area contributed by atoms with Gasteiger partial charge in [0.2, 0.25) is 0 Å². The quantitative estimate of drug-likeness (QED) is 0.328. The highest BCUT2D eigenvalue weighted by molar-refractivity contribution is 8.03. The van der Waals surface area contributed by atoms with Gasteiger partial charge >= 0.3 is 0 Å². The zero-order chi connectivity index (χ0) is 9.84. The Labute approximate surface area is 76.3 Å². The van der Waals surface area contributed by atoms with Crippen LogP contribution in [-0.4, -0.2) is 9.91 Å². The first kappa shape index (κ1) is 9.28. The summed E-state index contributed by atoms with van der Waals surface area (Å²) in [5, 5.41) is 20.2. The van der Waals surface area contributed by atoms with Gasteiger partial charge in [0.05, 0.1) is 16.0 Å². The van der Waals surface area contributed by atoms with Crippen LogP contribution in [0.4, 0.5) is 5.69 Å². The maximum absolute atomic E-state index is 10.9. The van der Waals surface area contributed by atoms with Crippen LogP contribution in [0.2, 0.25) is 0 Å². The number of nitriles is 1. The number of aromatic nitrogens is 1. The third-order valence-corrected chi connectivity index (χ3v) is 1.83. The number of nitro groups is 1. The average molecular weight is 197 g/mol. The Kier molecular flexibility index (Phi) is 2.66. The van der Waals surface area contributed by atoms with E-state index in [0.717, 1.165) is 12.3 Å². The summed E-state index contributed by atoms with van der Waals surface area (Å²) in [6, 6.07) is 1.06. The number of H-pyrrole nitrogens is 1. The number of nitrogens with one attached hydrogen (secondary N) is 1. The molecule has 7 heteroatoms. The summed E-state index contributed by atoms with van der Waals surface area (Å²) in [4.78, 5) is 22.7. The van der Waals surface area contributed by atoms with Crippen LogP contribution in [0, 0.1) is 20.8 Å². The molecule has 1 heterocycles. The zero-order valence-electron chi connectivity index (χ0n) is 6.18. The largest absolute Gasteiger partial charge is 0.322 e. The van der Waals surface area contributed by atoms with Crippen LogP contribution < -0.4 is 5.56 Å². The summed E-state index contributed by atoms with van der Waals surface area (Å²) >= 11 is 0.591. The molecule has 0 saturated heterocycles. The summed E-state index contributed by atoms with van der Waals surface area (Å²) < 4.78 is 0. The number of pyridine rings is 1. The van der Waals surface area contributed by atoms with E-state index >= 15 is 0 Å². The van der Waals surface area contributed by atoms with E-state index in [1.54, 1.807) is 5.40 Å². The molecule has 0 bridgehead atoms. The second-order valence-electron chi connectivity index (χ2n) is 2.00.